The molecule has 0 amide bonds. The van der Waals surface area contributed by atoms with E-state index < -0.39 is 10.0 Å². The van der Waals surface area contributed by atoms with Crippen molar-refractivity contribution in [1.29, 1.82) is 0 Å². The highest BCUT2D eigenvalue weighted by Crippen LogP contribution is 2.46. The summed E-state index contributed by atoms with van der Waals surface area (Å²) in [5, 5.41) is 0. The molecule has 3 rings (SSSR count). The third kappa shape index (κ3) is 1.53. The smallest absolute Gasteiger partial charge is 0.207 e. The number of fused-ring (bicyclic) bond motifs is 1. The summed E-state index contributed by atoms with van der Waals surface area (Å²) in [6, 6.07) is 5.36. The van der Waals surface area contributed by atoms with E-state index in [-0.39, 0.29) is 6.04 Å². The highest BCUT2D eigenvalue weighted by molar-refractivity contribution is 9.10. The van der Waals surface area contributed by atoms with Crippen LogP contribution in [0.3, 0.4) is 0 Å². The molecule has 1 N–H and O–H groups in total. The maximum absolute atomic E-state index is 11.8. The van der Waals surface area contributed by atoms with Crippen LogP contribution in [0.25, 0.3) is 0 Å². The monoisotopic (exact) mass is 287 g/mol. The summed E-state index contributed by atoms with van der Waals surface area (Å²) in [6.45, 7) is 0. The fourth-order valence-electron chi connectivity index (χ4n) is 2.08. The van der Waals surface area contributed by atoms with Crippen LogP contribution in [0.4, 0.5) is 0 Å². The van der Waals surface area contributed by atoms with E-state index in [4.69, 9.17) is 0 Å². The molecule has 0 bridgehead atoms. The van der Waals surface area contributed by atoms with Crippen molar-refractivity contribution in [2.24, 2.45) is 5.92 Å². The van der Waals surface area contributed by atoms with Gasteiger partial charge in [-0.3, -0.25) is 0 Å². The van der Waals surface area contributed by atoms with Gasteiger partial charge in [0.05, 0.1) is 10.9 Å². The molecule has 15 heavy (non-hydrogen) atoms. The van der Waals surface area contributed by atoms with Crippen molar-refractivity contribution in [2.45, 2.75) is 23.8 Å². The summed E-state index contributed by atoms with van der Waals surface area (Å²) in [4.78, 5) is 0.447. The molecule has 5 heteroatoms. The van der Waals surface area contributed by atoms with E-state index in [0.29, 0.717) is 10.8 Å². The van der Waals surface area contributed by atoms with Crippen molar-refractivity contribution in [3.05, 3.63) is 28.2 Å². The minimum Gasteiger partial charge on any atom is -0.207 e. The Morgan fingerprint density at radius 3 is 2.73 bits per heavy atom. The van der Waals surface area contributed by atoms with Gasteiger partial charge in [0.15, 0.2) is 0 Å². The predicted octanol–water partition coefficient (Wildman–Crippen LogP) is 2.19. The Morgan fingerprint density at radius 2 is 2.07 bits per heavy atom. The Bertz CT molecular complexity index is 522. The van der Waals surface area contributed by atoms with E-state index in [1.54, 1.807) is 12.1 Å². The first kappa shape index (κ1) is 9.81. The third-order valence-corrected chi connectivity index (χ3v) is 4.98. The molecule has 0 radical (unpaired) electrons. The van der Waals surface area contributed by atoms with Crippen molar-refractivity contribution in [3.8, 4) is 0 Å². The second-order valence-corrected chi connectivity index (χ2v) is 6.72. The number of sulfonamides is 1. The molecule has 1 atom stereocenters. The standard InChI is InChI=1S/C10H10BrNO2S/c11-7-3-4-9-8(5-7)10(6-1-2-6)12-15(9,13)14/h3-6,10,12H,1-2H2. The first-order chi connectivity index (χ1) is 7.08. The molecule has 0 spiro atoms. The summed E-state index contributed by atoms with van der Waals surface area (Å²) in [5.41, 5.74) is 0.923. The summed E-state index contributed by atoms with van der Waals surface area (Å²) < 4.78 is 27.2. The van der Waals surface area contributed by atoms with Gasteiger partial charge in [-0.05, 0) is 42.5 Å². The summed E-state index contributed by atoms with van der Waals surface area (Å²) in [6.07, 6.45) is 2.25. The lowest BCUT2D eigenvalue weighted by atomic mass is 10.0. The number of hydrogen-bond acceptors (Lipinski definition) is 2. The molecule has 1 aromatic rings. The molecule has 1 fully saturated rings. The van der Waals surface area contributed by atoms with Crippen LogP contribution < -0.4 is 4.72 Å². The van der Waals surface area contributed by atoms with E-state index in [9.17, 15) is 8.42 Å². The molecule has 1 aliphatic carbocycles. The number of benzene rings is 1. The van der Waals surface area contributed by atoms with Gasteiger partial charge < -0.3 is 0 Å². The predicted molar refractivity (Wildman–Crippen MR) is 59.9 cm³/mol. The molecule has 0 aromatic heterocycles. The van der Waals surface area contributed by atoms with Crippen LogP contribution >= 0.6 is 15.9 Å². The first-order valence-corrected chi connectivity index (χ1v) is 7.17. The van der Waals surface area contributed by atoms with E-state index >= 15 is 0 Å². The third-order valence-electron chi connectivity index (χ3n) is 2.97. The zero-order valence-electron chi connectivity index (χ0n) is 7.90. The van der Waals surface area contributed by atoms with Crippen LogP contribution in [0.15, 0.2) is 27.6 Å². The van der Waals surface area contributed by atoms with Crippen molar-refractivity contribution < 1.29 is 8.42 Å². The lowest BCUT2D eigenvalue weighted by molar-refractivity contribution is 0.552. The number of nitrogens with one attached hydrogen (secondary N) is 1. The lowest BCUT2D eigenvalue weighted by Gasteiger charge is -2.07. The maximum Gasteiger partial charge on any atom is 0.241 e. The average Bonchev–Trinajstić information content (AvgIpc) is 2.94. The first-order valence-electron chi connectivity index (χ1n) is 4.90. The molecular weight excluding hydrogens is 278 g/mol. The second-order valence-electron chi connectivity index (χ2n) is 4.12. The molecule has 1 unspecified atom stereocenters. The van der Waals surface area contributed by atoms with Gasteiger partial charge in [0.1, 0.15) is 0 Å². The van der Waals surface area contributed by atoms with E-state index in [0.717, 1.165) is 22.9 Å². The van der Waals surface area contributed by atoms with Crippen molar-refractivity contribution >= 4 is 26.0 Å². The molecule has 3 nitrogen and oxygen atoms in total. The van der Waals surface area contributed by atoms with Crippen LogP contribution in [0.5, 0.6) is 0 Å². The molecule has 80 valence electrons. The van der Waals surface area contributed by atoms with Crippen LogP contribution in [-0.4, -0.2) is 8.42 Å². The molecule has 1 saturated carbocycles. The fourth-order valence-corrected chi connectivity index (χ4v) is 3.98. The molecule has 1 aliphatic heterocycles. The number of hydrogen-bond donors (Lipinski definition) is 1. The lowest BCUT2D eigenvalue weighted by Crippen LogP contribution is -2.20. The van der Waals surface area contributed by atoms with Gasteiger partial charge in [-0.15, -0.1) is 0 Å². The highest BCUT2D eigenvalue weighted by atomic mass is 79.9. The molecule has 1 heterocycles. The second kappa shape index (κ2) is 3.06. The fraction of sp³-hybridized carbons (Fsp3) is 0.400. The Balaban J connectivity index is 2.19. The van der Waals surface area contributed by atoms with E-state index in [1.165, 1.54) is 0 Å². The minimum absolute atomic E-state index is 0.00231. The van der Waals surface area contributed by atoms with Gasteiger partial charge in [0, 0.05) is 4.47 Å². The largest absolute Gasteiger partial charge is 0.241 e. The minimum atomic E-state index is -3.25. The van der Waals surface area contributed by atoms with Crippen molar-refractivity contribution in [3.63, 3.8) is 0 Å². The van der Waals surface area contributed by atoms with Crippen LogP contribution in [0.1, 0.15) is 24.4 Å². The van der Waals surface area contributed by atoms with Crippen LogP contribution in [0.2, 0.25) is 0 Å². The quantitative estimate of drug-likeness (QED) is 0.861. The zero-order chi connectivity index (χ0) is 10.6. The molecule has 2 aliphatic rings. The van der Waals surface area contributed by atoms with Crippen LogP contribution in [0, 0.1) is 5.92 Å². The van der Waals surface area contributed by atoms with Gasteiger partial charge in [0.2, 0.25) is 10.0 Å². The average molecular weight is 288 g/mol. The van der Waals surface area contributed by atoms with Gasteiger partial charge in [-0.2, -0.15) is 0 Å². The highest BCUT2D eigenvalue weighted by Gasteiger charge is 2.42. The van der Waals surface area contributed by atoms with Crippen molar-refractivity contribution in [2.75, 3.05) is 0 Å². The Kier molecular flexibility index (Phi) is 2.00. The Morgan fingerprint density at radius 1 is 1.33 bits per heavy atom. The molecule has 1 aromatic carbocycles. The molecule has 0 saturated heterocycles. The van der Waals surface area contributed by atoms with Gasteiger partial charge >= 0.3 is 0 Å². The normalized spacial score (nSPS) is 27.7. The van der Waals surface area contributed by atoms with E-state index in [2.05, 4.69) is 20.7 Å². The SMILES string of the molecule is O=S1(=O)NC(C2CC2)c2cc(Br)ccc21. The van der Waals surface area contributed by atoms with E-state index in [1.807, 2.05) is 6.07 Å². The summed E-state index contributed by atoms with van der Waals surface area (Å²) >= 11 is 3.38. The summed E-state index contributed by atoms with van der Waals surface area (Å²) in [7, 11) is -3.25. The van der Waals surface area contributed by atoms with Gasteiger partial charge in [-0.25, -0.2) is 13.1 Å². The maximum atomic E-state index is 11.8. The Labute approximate surface area is 97.1 Å². The topological polar surface area (TPSA) is 46.2 Å². The number of halogens is 1. The van der Waals surface area contributed by atoms with Gasteiger partial charge in [-0.1, -0.05) is 15.9 Å². The molecular formula is C10H10BrNO2S. The van der Waals surface area contributed by atoms with Crippen LogP contribution in [-0.2, 0) is 10.0 Å². The van der Waals surface area contributed by atoms with Crippen molar-refractivity contribution in [1.82, 2.24) is 4.72 Å². The Hall–Kier alpha value is -0.390. The zero-order valence-corrected chi connectivity index (χ0v) is 10.3. The summed E-state index contributed by atoms with van der Waals surface area (Å²) in [5.74, 6) is 0.496. The van der Waals surface area contributed by atoms with Gasteiger partial charge in [0.25, 0.3) is 0 Å². The number of rotatable bonds is 1.